The molecule has 3 nitrogen and oxygen atoms in total. The molecule has 0 saturated carbocycles. The molecule has 0 amide bonds. The number of hydrogen-bond donors (Lipinski definition) is 1. The van der Waals surface area contributed by atoms with Crippen molar-refractivity contribution in [1.82, 2.24) is 4.98 Å². The molecule has 0 aromatic carbocycles. The predicted molar refractivity (Wildman–Crippen MR) is 95.5 cm³/mol. The van der Waals surface area contributed by atoms with Crippen molar-refractivity contribution >= 4 is 16.3 Å². The molecule has 126 valence electrons. The van der Waals surface area contributed by atoms with E-state index in [1.165, 1.54) is 37.1 Å². The third kappa shape index (κ3) is 5.24. The number of thiazole rings is 1. The average Bonchev–Trinajstić information content (AvgIpc) is 2.99. The van der Waals surface area contributed by atoms with E-state index in [2.05, 4.69) is 38.0 Å². The van der Waals surface area contributed by atoms with Crippen LogP contribution in [0.15, 0.2) is 11.7 Å². The number of nitrogens with one attached hydrogen (secondary N) is 1. The Morgan fingerprint density at radius 3 is 2.82 bits per heavy atom. The summed E-state index contributed by atoms with van der Waals surface area (Å²) in [6, 6.07) is 0. The lowest BCUT2D eigenvalue weighted by atomic mass is 9.69. The summed E-state index contributed by atoms with van der Waals surface area (Å²) in [5.74, 6) is 1.40. The van der Waals surface area contributed by atoms with Gasteiger partial charge in [0.05, 0.1) is 17.8 Å². The fourth-order valence-corrected chi connectivity index (χ4v) is 3.91. The van der Waals surface area contributed by atoms with Crippen molar-refractivity contribution in [2.45, 2.75) is 65.9 Å². The molecule has 0 spiro atoms. The normalized spacial score (nSPS) is 25.8. The van der Waals surface area contributed by atoms with Gasteiger partial charge in [-0.1, -0.05) is 34.1 Å². The summed E-state index contributed by atoms with van der Waals surface area (Å²) in [4.78, 5) is 4.14. The van der Waals surface area contributed by atoms with Gasteiger partial charge in [-0.05, 0) is 42.9 Å². The summed E-state index contributed by atoms with van der Waals surface area (Å²) < 4.78 is 6.03. The monoisotopic (exact) mass is 324 g/mol. The van der Waals surface area contributed by atoms with Crippen LogP contribution in [0, 0.1) is 17.3 Å². The Hall–Kier alpha value is -0.610. The van der Waals surface area contributed by atoms with Crippen LogP contribution >= 0.6 is 11.3 Å². The Morgan fingerprint density at radius 1 is 1.36 bits per heavy atom. The molecular formula is C18H32N2OS. The summed E-state index contributed by atoms with van der Waals surface area (Å²) >= 11 is 1.69. The molecule has 1 aliphatic rings. The minimum absolute atomic E-state index is 0.435. The lowest BCUT2D eigenvalue weighted by Gasteiger charge is -2.43. The molecule has 2 heterocycles. The zero-order chi connectivity index (χ0) is 16.0. The number of aromatic nitrogens is 1. The Labute approximate surface area is 139 Å². The number of anilines is 1. The highest BCUT2D eigenvalue weighted by Crippen LogP contribution is 2.43. The summed E-state index contributed by atoms with van der Waals surface area (Å²) in [6.45, 7) is 11.2. The molecule has 1 aromatic rings. The fourth-order valence-electron chi connectivity index (χ4n) is 3.37. The van der Waals surface area contributed by atoms with Gasteiger partial charge in [-0.25, -0.2) is 0 Å². The summed E-state index contributed by atoms with van der Waals surface area (Å²) in [5, 5.41) is 4.73. The predicted octanol–water partition coefficient (Wildman–Crippen LogP) is 5.20. The molecule has 1 aliphatic heterocycles. The second kappa shape index (κ2) is 8.30. The van der Waals surface area contributed by atoms with Crippen LogP contribution in [-0.4, -0.2) is 24.2 Å². The number of nitrogens with zero attached hydrogens (tertiary/aromatic N) is 1. The van der Waals surface area contributed by atoms with Crippen molar-refractivity contribution in [1.29, 1.82) is 0 Å². The van der Waals surface area contributed by atoms with E-state index in [9.17, 15) is 0 Å². The average molecular weight is 325 g/mol. The molecule has 22 heavy (non-hydrogen) atoms. The van der Waals surface area contributed by atoms with Crippen molar-refractivity contribution < 1.29 is 4.74 Å². The second-order valence-electron chi connectivity index (χ2n) is 7.58. The van der Waals surface area contributed by atoms with E-state index in [0.29, 0.717) is 17.4 Å². The second-order valence-corrected chi connectivity index (χ2v) is 8.47. The first-order chi connectivity index (χ1) is 10.5. The third-order valence-corrected chi connectivity index (χ3v) is 5.71. The van der Waals surface area contributed by atoms with Crippen molar-refractivity contribution in [2.75, 3.05) is 18.5 Å². The molecule has 1 fully saturated rings. The maximum Gasteiger partial charge on any atom is 0.108 e. The van der Waals surface area contributed by atoms with Crippen LogP contribution < -0.4 is 5.32 Å². The van der Waals surface area contributed by atoms with E-state index in [0.717, 1.165) is 19.1 Å². The van der Waals surface area contributed by atoms with E-state index in [4.69, 9.17) is 4.74 Å². The highest BCUT2D eigenvalue weighted by Gasteiger charge is 2.37. The van der Waals surface area contributed by atoms with Crippen LogP contribution in [0.1, 0.15) is 59.8 Å². The van der Waals surface area contributed by atoms with E-state index < -0.39 is 0 Å². The van der Waals surface area contributed by atoms with Crippen LogP contribution in [-0.2, 0) is 4.74 Å². The fraction of sp³-hybridized carbons (Fsp3) is 0.833. The van der Waals surface area contributed by atoms with Crippen LogP contribution in [0.3, 0.4) is 0 Å². The lowest BCUT2D eigenvalue weighted by Crippen LogP contribution is -2.39. The zero-order valence-electron chi connectivity index (χ0n) is 14.6. The van der Waals surface area contributed by atoms with Gasteiger partial charge in [-0.15, -0.1) is 11.3 Å². The van der Waals surface area contributed by atoms with Crippen molar-refractivity contribution in [2.24, 2.45) is 17.3 Å². The van der Waals surface area contributed by atoms with Gasteiger partial charge in [-0.2, -0.15) is 0 Å². The largest absolute Gasteiger partial charge is 0.378 e. The van der Waals surface area contributed by atoms with Crippen LogP contribution in [0.4, 0.5) is 5.00 Å². The Bertz CT molecular complexity index is 419. The Morgan fingerprint density at radius 2 is 2.18 bits per heavy atom. The molecule has 1 aromatic heterocycles. The molecule has 2 rings (SSSR count). The van der Waals surface area contributed by atoms with Gasteiger partial charge in [0.1, 0.15) is 5.00 Å². The van der Waals surface area contributed by atoms with Gasteiger partial charge in [0.2, 0.25) is 0 Å². The Balaban J connectivity index is 1.94. The third-order valence-electron chi connectivity index (χ3n) is 4.98. The standard InChI is InChI=1S/C18H32N2OS/c1-14(2)5-6-18(7-9-20-17-12-19-13-22-17)8-10-21-16(11-18)15(3)4/h12-16,20H,5-11H2,1-4H3. The molecular weight excluding hydrogens is 292 g/mol. The van der Waals surface area contributed by atoms with Gasteiger partial charge in [0.25, 0.3) is 0 Å². The molecule has 1 N–H and O–H groups in total. The molecule has 0 radical (unpaired) electrons. The highest BCUT2D eigenvalue weighted by molar-refractivity contribution is 7.13. The first-order valence-electron chi connectivity index (χ1n) is 8.75. The quantitative estimate of drug-likeness (QED) is 0.713. The van der Waals surface area contributed by atoms with Crippen LogP contribution in [0.25, 0.3) is 0 Å². The SMILES string of the molecule is CC(C)CCC1(CCNc2cncs2)CCOC(C(C)C)C1. The maximum atomic E-state index is 6.03. The molecule has 2 atom stereocenters. The van der Waals surface area contributed by atoms with Crippen molar-refractivity contribution in [3.8, 4) is 0 Å². The molecule has 0 aliphatic carbocycles. The van der Waals surface area contributed by atoms with E-state index in [-0.39, 0.29) is 0 Å². The molecule has 1 saturated heterocycles. The topological polar surface area (TPSA) is 34.2 Å². The van der Waals surface area contributed by atoms with Crippen LogP contribution in [0.5, 0.6) is 0 Å². The Kier molecular flexibility index (Phi) is 6.69. The van der Waals surface area contributed by atoms with Gasteiger partial charge in [-0.3, -0.25) is 4.98 Å². The lowest BCUT2D eigenvalue weighted by molar-refractivity contribution is -0.0752. The van der Waals surface area contributed by atoms with Gasteiger partial charge in [0, 0.05) is 13.2 Å². The minimum atomic E-state index is 0.435. The van der Waals surface area contributed by atoms with E-state index >= 15 is 0 Å². The van der Waals surface area contributed by atoms with E-state index in [1.807, 2.05) is 11.7 Å². The molecule has 0 bridgehead atoms. The maximum absolute atomic E-state index is 6.03. The smallest absolute Gasteiger partial charge is 0.108 e. The minimum Gasteiger partial charge on any atom is -0.378 e. The first kappa shape index (κ1) is 17.7. The van der Waals surface area contributed by atoms with Gasteiger partial charge < -0.3 is 10.1 Å². The van der Waals surface area contributed by atoms with Gasteiger partial charge >= 0.3 is 0 Å². The first-order valence-corrected chi connectivity index (χ1v) is 9.63. The molecule has 4 heteroatoms. The zero-order valence-corrected chi connectivity index (χ0v) is 15.4. The number of hydrogen-bond acceptors (Lipinski definition) is 4. The van der Waals surface area contributed by atoms with Crippen molar-refractivity contribution in [3.05, 3.63) is 11.7 Å². The van der Waals surface area contributed by atoms with Gasteiger partial charge in [0.15, 0.2) is 0 Å². The highest BCUT2D eigenvalue weighted by atomic mass is 32.1. The van der Waals surface area contributed by atoms with Crippen molar-refractivity contribution in [3.63, 3.8) is 0 Å². The van der Waals surface area contributed by atoms with E-state index in [1.54, 1.807) is 11.3 Å². The number of rotatable bonds is 8. The molecule has 2 unspecified atom stereocenters. The summed E-state index contributed by atoms with van der Waals surface area (Å²) in [7, 11) is 0. The van der Waals surface area contributed by atoms with Crippen LogP contribution in [0.2, 0.25) is 0 Å². The number of ether oxygens (including phenoxy) is 1. The summed E-state index contributed by atoms with van der Waals surface area (Å²) in [5.41, 5.74) is 2.34. The summed E-state index contributed by atoms with van der Waals surface area (Å²) in [6.07, 6.45) is 8.70.